The summed E-state index contributed by atoms with van der Waals surface area (Å²) in [5.74, 6) is 0.573. The van der Waals surface area contributed by atoms with Crippen LogP contribution in [0.3, 0.4) is 0 Å². The molecular formula is C26H33N5O5. The lowest BCUT2D eigenvalue weighted by Gasteiger charge is -2.32. The number of carbonyl (C=O) groups excluding carboxylic acids is 2. The van der Waals surface area contributed by atoms with E-state index in [-0.39, 0.29) is 48.9 Å². The van der Waals surface area contributed by atoms with Gasteiger partial charge in [0, 0.05) is 37.1 Å². The lowest BCUT2D eigenvalue weighted by Crippen LogP contribution is -2.40. The normalized spacial score (nSPS) is 13.6. The van der Waals surface area contributed by atoms with Crippen molar-refractivity contribution in [3.8, 4) is 11.5 Å². The van der Waals surface area contributed by atoms with E-state index in [1.807, 2.05) is 4.90 Å². The number of carbonyl (C=O) groups is 2. The van der Waals surface area contributed by atoms with Crippen molar-refractivity contribution >= 4 is 23.5 Å². The first-order valence-corrected chi connectivity index (χ1v) is 11.9. The largest absolute Gasteiger partial charge is 0.491 e. The Hall–Kier alpha value is -4.08. The fourth-order valence-electron chi connectivity index (χ4n) is 3.80. The molecule has 0 atom stereocenters. The van der Waals surface area contributed by atoms with Crippen LogP contribution in [0.4, 0.5) is 0 Å². The molecule has 1 fully saturated rings. The van der Waals surface area contributed by atoms with E-state index in [1.165, 1.54) is 12.1 Å². The van der Waals surface area contributed by atoms with Gasteiger partial charge in [0.1, 0.15) is 35.6 Å². The average Bonchev–Trinajstić information content (AvgIpc) is 2.87. The van der Waals surface area contributed by atoms with E-state index in [0.29, 0.717) is 22.7 Å². The Labute approximate surface area is 210 Å². The van der Waals surface area contributed by atoms with Crippen LogP contribution in [0.25, 0.3) is 0 Å². The van der Waals surface area contributed by atoms with Gasteiger partial charge in [0.25, 0.3) is 5.91 Å². The number of amides is 1. The van der Waals surface area contributed by atoms with Crippen LogP contribution in [0, 0.1) is 10.8 Å². The Morgan fingerprint density at radius 3 is 2.36 bits per heavy atom. The number of nitrogens with two attached hydrogens (primary N) is 1. The van der Waals surface area contributed by atoms with Gasteiger partial charge >= 0.3 is 5.97 Å². The van der Waals surface area contributed by atoms with Crippen LogP contribution in [-0.4, -0.2) is 67.4 Å². The van der Waals surface area contributed by atoms with E-state index in [1.54, 1.807) is 44.2 Å². The first-order valence-electron chi connectivity index (χ1n) is 11.9. The topological polar surface area (TPSA) is 151 Å². The molecule has 3 rings (SSSR count). The van der Waals surface area contributed by atoms with Gasteiger partial charge in [-0.1, -0.05) is 6.07 Å². The molecule has 36 heavy (non-hydrogen) atoms. The first-order chi connectivity index (χ1) is 17.3. The molecule has 1 heterocycles. The SMILES string of the molecule is CCOC(=O)c1ccc(C(=N)N)cc1OCCNC(=O)c1ccc(OC2CCN(C(C)=N)CC2)cc1. The highest BCUT2D eigenvalue weighted by atomic mass is 16.5. The van der Waals surface area contributed by atoms with Crippen LogP contribution in [0.2, 0.25) is 0 Å². The van der Waals surface area contributed by atoms with Crippen LogP contribution in [0.15, 0.2) is 42.5 Å². The summed E-state index contributed by atoms with van der Waals surface area (Å²) in [4.78, 5) is 26.7. The number of nitrogen functional groups attached to an aromatic ring is 1. The number of piperidine rings is 1. The fourth-order valence-corrected chi connectivity index (χ4v) is 3.80. The number of hydrogen-bond acceptors (Lipinski definition) is 7. The van der Waals surface area contributed by atoms with Gasteiger partial charge in [0.15, 0.2) is 0 Å². The summed E-state index contributed by atoms with van der Waals surface area (Å²) >= 11 is 0. The maximum Gasteiger partial charge on any atom is 0.341 e. The van der Waals surface area contributed by atoms with E-state index in [0.717, 1.165) is 25.9 Å². The van der Waals surface area contributed by atoms with Crippen molar-refractivity contribution in [2.75, 3.05) is 32.8 Å². The van der Waals surface area contributed by atoms with E-state index >= 15 is 0 Å². The van der Waals surface area contributed by atoms with E-state index in [2.05, 4.69) is 5.32 Å². The van der Waals surface area contributed by atoms with Gasteiger partial charge in [0.2, 0.25) is 0 Å². The number of ether oxygens (including phenoxy) is 3. The van der Waals surface area contributed by atoms with Crippen molar-refractivity contribution in [1.82, 2.24) is 10.2 Å². The summed E-state index contributed by atoms with van der Waals surface area (Å²) in [5, 5.41) is 18.1. The van der Waals surface area contributed by atoms with Crippen molar-refractivity contribution < 1.29 is 23.8 Å². The lowest BCUT2D eigenvalue weighted by molar-refractivity contribution is 0.0521. The minimum absolute atomic E-state index is 0.0958. The second kappa shape index (κ2) is 12.6. The van der Waals surface area contributed by atoms with E-state index in [9.17, 15) is 9.59 Å². The van der Waals surface area contributed by atoms with Gasteiger partial charge in [0.05, 0.1) is 19.0 Å². The molecule has 0 bridgehead atoms. The smallest absolute Gasteiger partial charge is 0.341 e. The molecule has 2 aromatic rings. The predicted octanol–water partition coefficient (Wildman–Crippen LogP) is 2.80. The minimum Gasteiger partial charge on any atom is -0.491 e. The number of rotatable bonds is 10. The van der Waals surface area contributed by atoms with Crippen molar-refractivity contribution in [3.63, 3.8) is 0 Å². The molecule has 1 aliphatic heterocycles. The molecule has 192 valence electrons. The quantitative estimate of drug-likeness (QED) is 0.171. The van der Waals surface area contributed by atoms with Crippen LogP contribution in [0.5, 0.6) is 11.5 Å². The molecular weight excluding hydrogens is 462 g/mol. The standard InChI is InChI=1S/C26H33N5O5/c1-3-34-26(33)22-9-6-19(24(28)29)16-23(22)35-15-12-30-25(32)18-4-7-20(8-5-18)36-21-10-13-31(14-11-21)17(2)27/h4-9,16,21,27H,3,10-15H2,1-2H3,(H3,28,29)(H,30,32). The third-order valence-electron chi connectivity index (χ3n) is 5.77. The number of benzene rings is 2. The predicted molar refractivity (Wildman–Crippen MR) is 136 cm³/mol. The third kappa shape index (κ3) is 7.21. The Morgan fingerprint density at radius 1 is 1.08 bits per heavy atom. The highest BCUT2D eigenvalue weighted by Gasteiger charge is 2.21. The molecule has 1 amide bonds. The highest BCUT2D eigenvalue weighted by molar-refractivity contribution is 5.98. The van der Waals surface area contributed by atoms with Crippen molar-refractivity contribution in [1.29, 1.82) is 10.8 Å². The molecule has 0 aromatic heterocycles. The first kappa shape index (κ1) is 26.5. The molecule has 0 saturated carbocycles. The number of amidine groups is 2. The van der Waals surface area contributed by atoms with Crippen LogP contribution < -0.4 is 20.5 Å². The van der Waals surface area contributed by atoms with Crippen LogP contribution in [-0.2, 0) is 4.74 Å². The zero-order valence-corrected chi connectivity index (χ0v) is 20.6. The monoisotopic (exact) mass is 495 g/mol. The Bertz CT molecular complexity index is 1090. The minimum atomic E-state index is -0.538. The second-order valence-electron chi connectivity index (χ2n) is 8.36. The molecule has 1 aliphatic rings. The zero-order valence-electron chi connectivity index (χ0n) is 20.6. The average molecular weight is 496 g/mol. The van der Waals surface area contributed by atoms with Crippen molar-refractivity contribution in [3.05, 3.63) is 59.2 Å². The molecule has 2 aromatic carbocycles. The second-order valence-corrected chi connectivity index (χ2v) is 8.36. The Balaban J connectivity index is 1.49. The summed E-state index contributed by atoms with van der Waals surface area (Å²) in [6, 6.07) is 11.5. The summed E-state index contributed by atoms with van der Waals surface area (Å²) < 4.78 is 16.8. The van der Waals surface area contributed by atoms with Gasteiger partial charge in [-0.25, -0.2) is 4.79 Å². The molecule has 0 aliphatic carbocycles. The Morgan fingerprint density at radius 2 is 1.75 bits per heavy atom. The summed E-state index contributed by atoms with van der Waals surface area (Å²) in [7, 11) is 0. The lowest BCUT2D eigenvalue weighted by atomic mass is 10.1. The number of esters is 1. The summed E-state index contributed by atoms with van der Waals surface area (Å²) in [5.41, 5.74) is 6.67. The Kier molecular flexibility index (Phi) is 9.26. The van der Waals surface area contributed by atoms with Gasteiger partial charge in [-0.2, -0.15) is 0 Å². The van der Waals surface area contributed by atoms with Crippen molar-refractivity contribution in [2.24, 2.45) is 5.73 Å². The molecule has 10 heteroatoms. The maximum absolute atomic E-state index is 12.5. The molecule has 1 saturated heterocycles. The van der Waals surface area contributed by atoms with Crippen LogP contribution >= 0.6 is 0 Å². The molecule has 0 unspecified atom stereocenters. The van der Waals surface area contributed by atoms with Gasteiger partial charge in [-0.05, 0) is 50.2 Å². The number of nitrogens with one attached hydrogen (secondary N) is 3. The maximum atomic E-state index is 12.5. The molecule has 5 N–H and O–H groups in total. The third-order valence-corrected chi connectivity index (χ3v) is 5.77. The van der Waals surface area contributed by atoms with E-state index in [4.69, 9.17) is 30.8 Å². The molecule has 0 spiro atoms. The van der Waals surface area contributed by atoms with Crippen LogP contribution in [0.1, 0.15) is 53.0 Å². The van der Waals surface area contributed by atoms with Gasteiger partial charge in [-0.15, -0.1) is 0 Å². The molecule has 10 nitrogen and oxygen atoms in total. The number of likely N-dealkylation sites (tertiary alicyclic amines) is 1. The summed E-state index contributed by atoms with van der Waals surface area (Å²) in [6.45, 7) is 5.65. The zero-order chi connectivity index (χ0) is 26.1. The van der Waals surface area contributed by atoms with Crippen molar-refractivity contribution in [2.45, 2.75) is 32.8 Å². The summed E-state index contributed by atoms with van der Waals surface area (Å²) in [6.07, 6.45) is 1.80. The van der Waals surface area contributed by atoms with E-state index < -0.39 is 5.97 Å². The van der Waals surface area contributed by atoms with Gasteiger partial charge in [-0.3, -0.25) is 15.6 Å². The fraction of sp³-hybridized carbons (Fsp3) is 0.385. The van der Waals surface area contributed by atoms with Gasteiger partial charge < -0.3 is 30.2 Å². The highest BCUT2D eigenvalue weighted by Crippen LogP contribution is 2.22. The number of nitrogens with zero attached hydrogens (tertiary/aromatic N) is 1. The number of hydrogen-bond donors (Lipinski definition) is 4. The molecule has 0 radical (unpaired) electrons.